The largest absolute Gasteiger partial charge is 0.627 e. The van der Waals surface area contributed by atoms with Crippen LogP contribution in [0.4, 0.5) is 11.4 Å². The van der Waals surface area contributed by atoms with Gasteiger partial charge in [0.05, 0.1) is 23.8 Å². The van der Waals surface area contributed by atoms with Crippen molar-refractivity contribution in [3.05, 3.63) is 58.8 Å². The van der Waals surface area contributed by atoms with Crippen molar-refractivity contribution in [2.24, 2.45) is 0 Å². The molecule has 2 aromatic carbocycles. The molecule has 38 heavy (non-hydrogen) atoms. The fraction of sp³-hybridized carbons (Fsp3) is 0.600. The lowest BCUT2D eigenvalue weighted by Gasteiger charge is -2.50. The topological polar surface area (TPSA) is 54.0 Å². The van der Waals surface area contributed by atoms with Gasteiger partial charge < -0.3 is 28.8 Å². The first-order valence-corrected chi connectivity index (χ1v) is 17.9. The fourth-order valence-electron chi connectivity index (χ4n) is 6.21. The summed E-state index contributed by atoms with van der Waals surface area (Å²) in [5.74, 6) is 0.360. The molecular weight excluding hydrogens is 491 g/mol. The molecule has 3 aliphatic rings. The summed E-state index contributed by atoms with van der Waals surface area (Å²) >= 11 is 0. The van der Waals surface area contributed by atoms with Crippen LogP contribution in [-0.4, -0.2) is 58.9 Å². The van der Waals surface area contributed by atoms with Gasteiger partial charge >= 0.3 is 7.12 Å². The molecule has 0 N–H and O–H groups in total. The minimum Gasteiger partial charge on any atom is -0.627 e. The standard InChI is InChI=1S/C30H45BN2O4Si/c1-22-25(31-36-29(2,3)30(4,5)37-31)13-11-15-28(22)33(34)17-16-24-23-12-9-10-14-26(23)32(27(24)20-33)21-35-18-19-38(6,7)8/h9-15,24,27H,16-21H2,1-8H3. The van der Waals surface area contributed by atoms with Crippen molar-refractivity contribution in [1.29, 1.82) is 0 Å². The van der Waals surface area contributed by atoms with E-state index in [1.807, 2.05) is 18.2 Å². The smallest absolute Gasteiger partial charge is 0.495 e. The Balaban J connectivity index is 1.40. The Labute approximate surface area is 230 Å². The average molecular weight is 537 g/mol. The Bertz CT molecular complexity index is 1170. The molecule has 0 aliphatic carbocycles. The summed E-state index contributed by atoms with van der Waals surface area (Å²) in [6, 6.07) is 16.0. The maximum atomic E-state index is 14.7. The van der Waals surface area contributed by atoms with Crippen LogP contribution in [0.15, 0.2) is 42.5 Å². The highest BCUT2D eigenvalue weighted by Gasteiger charge is 2.53. The van der Waals surface area contributed by atoms with Crippen LogP contribution in [0.1, 0.15) is 51.2 Å². The van der Waals surface area contributed by atoms with Crippen LogP contribution in [0, 0.1) is 12.1 Å². The second kappa shape index (κ2) is 9.75. The summed E-state index contributed by atoms with van der Waals surface area (Å²) in [5.41, 5.74) is 4.51. The van der Waals surface area contributed by atoms with Crippen LogP contribution in [0.25, 0.3) is 0 Å². The number of quaternary nitrogens is 1. The summed E-state index contributed by atoms with van der Waals surface area (Å²) in [5, 5.41) is 14.7. The maximum Gasteiger partial charge on any atom is 0.495 e. The number of rotatable bonds is 7. The van der Waals surface area contributed by atoms with Gasteiger partial charge in [0.1, 0.15) is 19.0 Å². The number of fused-ring (bicyclic) bond motifs is 3. The lowest BCUT2D eigenvalue weighted by molar-refractivity contribution is 0.00578. The lowest BCUT2D eigenvalue weighted by Crippen LogP contribution is -2.59. The Morgan fingerprint density at radius 3 is 2.42 bits per heavy atom. The fourth-order valence-corrected chi connectivity index (χ4v) is 6.97. The highest BCUT2D eigenvalue weighted by atomic mass is 28.3. The highest BCUT2D eigenvalue weighted by molar-refractivity contribution is 6.76. The lowest BCUT2D eigenvalue weighted by atomic mass is 9.75. The van der Waals surface area contributed by atoms with Crippen molar-refractivity contribution in [1.82, 2.24) is 4.65 Å². The number of anilines is 1. The van der Waals surface area contributed by atoms with Crippen molar-refractivity contribution >= 4 is 32.0 Å². The monoisotopic (exact) mass is 536 g/mol. The van der Waals surface area contributed by atoms with Gasteiger partial charge in [0, 0.05) is 38.3 Å². The zero-order valence-corrected chi connectivity index (χ0v) is 25.5. The number of nitrogens with zero attached hydrogens (tertiary/aromatic N) is 2. The number of hydrogen-bond acceptors (Lipinski definition) is 5. The normalized spacial score (nSPS) is 27.9. The van der Waals surface area contributed by atoms with Gasteiger partial charge in [-0.3, -0.25) is 0 Å². The van der Waals surface area contributed by atoms with E-state index in [0.717, 1.165) is 35.8 Å². The molecular formula is C30H45BN2O4Si. The van der Waals surface area contributed by atoms with Gasteiger partial charge in [-0.25, -0.2) is 0 Å². The first kappa shape index (κ1) is 27.9. The zero-order valence-electron chi connectivity index (χ0n) is 24.5. The molecule has 0 amide bonds. The molecule has 0 bridgehead atoms. The van der Waals surface area contributed by atoms with Crippen LogP contribution in [0.5, 0.6) is 0 Å². The molecule has 0 aromatic heterocycles. The van der Waals surface area contributed by atoms with E-state index in [9.17, 15) is 5.21 Å². The van der Waals surface area contributed by atoms with E-state index in [4.69, 9.17) is 14.0 Å². The van der Waals surface area contributed by atoms with Crippen molar-refractivity contribution in [2.45, 2.75) is 89.9 Å². The first-order valence-electron chi connectivity index (χ1n) is 14.2. The molecule has 3 atom stereocenters. The molecule has 0 spiro atoms. The number of ether oxygens (including phenoxy) is 1. The Kier molecular flexibility index (Phi) is 7.15. The molecule has 3 heterocycles. The summed E-state index contributed by atoms with van der Waals surface area (Å²) < 4.78 is 18.6. The zero-order chi connectivity index (χ0) is 27.5. The van der Waals surface area contributed by atoms with Crippen LogP contribution in [0.3, 0.4) is 0 Å². The van der Waals surface area contributed by atoms with Gasteiger partial charge in [-0.1, -0.05) is 50.0 Å². The second-order valence-corrected chi connectivity index (χ2v) is 19.3. The number of hydrogen-bond donors (Lipinski definition) is 0. The van der Waals surface area contributed by atoms with E-state index in [1.54, 1.807) is 0 Å². The SMILES string of the molecule is Cc1c(B2OC(C)(C)C(C)(C)O2)cccc1[N+]1([O-])CCC2c3ccccc3N(COCC[Si](C)(C)C)C2C1. The summed E-state index contributed by atoms with van der Waals surface area (Å²) in [6.07, 6.45) is 0.858. The van der Waals surface area contributed by atoms with Gasteiger partial charge in [0.25, 0.3) is 0 Å². The van der Waals surface area contributed by atoms with Gasteiger partial charge in [0.2, 0.25) is 0 Å². The van der Waals surface area contributed by atoms with E-state index < -0.39 is 26.4 Å². The first-order chi connectivity index (χ1) is 17.7. The van der Waals surface area contributed by atoms with E-state index in [-0.39, 0.29) is 10.7 Å². The van der Waals surface area contributed by atoms with Gasteiger partial charge in [-0.05, 0) is 63.8 Å². The summed E-state index contributed by atoms with van der Waals surface area (Å²) in [4.78, 5) is 2.36. The molecule has 2 aromatic rings. The highest BCUT2D eigenvalue weighted by Crippen LogP contribution is 2.47. The van der Waals surface area contributed by atoms with Gasteiger partial charge in [-0.15, -0.1) is 0 Å². The van der Waals surface area contributed by atoms with E-state index in [1.165, 1.54) is 11.3 Å². The maximum absolute atomic E-state index is 14.7. The van der Waals surface area contributed by atoms with E-state index in [2.05, 4.69) is 83.4 Å². The Morgan fingerprint density at radius 2 is 1.74 bits per heavy atom. The summed E-state index contributed by atoms with van der Waals surface area (Å²) in [7, 11) is -1.64. The number of para-hydroxylation sites is 1. The number of hydroxylamine groups is 2. The molecule has 0 radical (unpaired) electrons. The quantitative estimate of drug-likeness (QED) is 0.194. The number of benzene rings is 2. The van der Waals surface area contributed by atoms with Crippen LogP contribution in [-0.2, 0) is 14.0 Å². The molecule has 2 fully saturated rings. The average Bonchev–Trinajstić information content (AvgIpc) is 3.24. The van der Waals surface area contributed by atoms with Crippen LogP contribution < -0.4 is 15.0 Å². The van der Waals surface area contributed by atoms with Crippen molar-refractivity contribution < 1.29 is 14.0 Å². The Morgan fingerprint density at radius 1 is 1.05 bits per heavy atom. The van der Waals surface area contributed by atoms with Crippen molar-refractivity contribution in [3.8, 4) is 0 Å². The second-order valence-electron chi connectivity index (χ2n) is 13.7. The van der Waals surface area contributed by atoms with Crippen molar-refractivity contribution in [2.75, 3.05) is 31.3 Å². The number of piperidine rings is 1. The van der Waals surface area contributed by atoms with Gasteiger partial charge in [0.15, 0.2) is 0 Å². The molecule has 5 rings (SSSR count). The third-order valence-corrected chi connectivity index (χ3v) is 11.0. The predicted octanol–water partition coefficient (Wildman–Crippen LogP) is 5.79. The van der Waals surface area contributed by atoms with Gasteiger partial charge in [-0.2, -0.15) is 0 Å². The van der Waals surface area contributed by atoms with E-state index >= 15 is 0 Å². The Hall–Kier alpha value is -1.68. The van der Waals surface area contributed by atoms with Crippen molar-refractivity contribution in [3.63, 3.8) is 0 Å². The van der Waals surface area contributed by atoms with Crippen LogP contribution in [0.2, 0.25) is 25.7 Å². The summed E-state index contributed by atoms with van der Waals surface area (Å²) in [6.45, 7) is 19.8. The molecule has 206 valence electrons. The van der Waals surface area contributed by atoms with Crippen LogP contribution >= 0.6 is 0 Å². The minimum absolute atomic E-state index is 0.116. The molecule has 8 heteroatoms. The molecule has 0 saturated carbocycles. The molecule has 3 unspecified atom stereocenters. The molecule has 3 aliphatic heterocycles. The minimum atomic E-state index is -1.17. The third kappa shape index (κ3) is 5.00. The predicted molar refractivity (Wildman–Crippen MR) is 161 cm³/mol. The third-order valence-electron chi connectivity index (χ3n) is 9.31. The molecule has 6 nitrogen and oxygen atoms in total. The van der Waals surface area contributed by atoms with E-state index in [0.29, 0.717) is 25.7 Å². The molecule has 2 saturated heterocycles.